The van der Waals surface area contributed by atoms with Gasteiger partial charge in [-0.15, -0.1) is 0 Å². The van der Waals surface area contributed by atoms with Crippen molar-refractivity contribution in [1.29, 1.82) is 0 Å². The second kappa shape index (κ2) is 4.97. The molecule has 2 atom stereocenters. The summed E-state index contributed by atoms with van der Waals surface area (Å²) in [6.45, 7) is 12.0. The predicted molar refractivity (Wildman–Crippen MR) is 59.8 cm³/mol. The van der Waals surface area contributed by atoms with Gasteiger partial charge in [0.05, 0.1) is 0 Å². The van der Waals surface area contributed by atoms with E-state index in [1.54, 1.807) is 0 Å². The molecule has 0 aliphatic heterocycles. The first-order valence-electron chi connectivity index (χ1n) is 5.32. The van der Waals surface area contributed by atoms with Crippen molar-refractivity contribution in [1.82, 2.24) is 4.90 Å². The Hall–Kier alpha value is -0.0800. The van der Waals surface area contributed by atoms with Gasteiger partial charge in [0.25, 0.3) is 0 Å². The zero-order chi connectivity index (χ0) is 10.6. The van der Waals surface area contributed by atoms with Crippen LogP contribution in [0.5, 0.6) is 0 Å². The molecule has 0 spiro atoms. The zero-order valence-corrected chi connectivity index (χ0v) is 10.1. The monoisotopic (exact) mass is 186 g/mol. The van der Waals surface area contributed by atoms with Crippen LogP contribution in [-0.4, -0.2) is 30.1 Å². The lowest BCUT2D eigenvalue weighted by molar-refractivity contribution is 0.0735. The van der Waals surface area contributed by atoms with Crippen LogP contribution in [0.2, 0.25) is 0 Å². The molecule has 0 rings (SSSR count). The maximum Gasteiger partial charge on any atom is 0.0300 e. The van der Waals surface area contributed by atoms with E-state index in [9.17, 15) is 0 Å². The highest BCUT2D eigenvalue weighted by atomic mass is 15.2. The van der Waals surface area contributed by atoms with E-state index in [2.05, 4.69) is 46.6 Å². The minimum Gasteiger partial charge on any atom is -0.329 e. The Bertz CT molecular complexity index is 139. The first kappa shape index (κ1) is 12.9. The van der Waals surface area contributed by atoms with E-state index in [4.69, 9.17) is 5.73 Å². The molecule has 0 saturated carbocycles. The van der Waals surface area contributed by atoms with Crippen molar-refractivity contribution in [2.75, 3.05) is 13.6 Å². The van der Waals surface area contributed by atoms with E-state index >= 15 is 0 Å². The van der Waals surface area contributed by atoms with Crippen molar-refractivity contribution in [2.45, 2.75) is 52.6 Å². The molecule has 0 aliphatic rings. The fraction of sp³-hybridized carbons (Fsp3) is 1.00. The van der Waals surface area contributed by atoms with E-state index < -0.39 is 0 Å². The number of hydrogen-bond donors (Lipinski definition) is 1. The van der Waals surface area contributed by atoms with Crippen LogP contribution in [-0.2, 0) is 0 Å². The summed E-state index contributed by atoms with van der Waals surface area (Å²) < 4.78 is 0. The fourth-order valence-electron chi connectivity index (χ4n) is 1.48. The van der Waals surface area contributed by atoms with Crippen LogP contribution in [0.4, 0.5) is 0 Å². The average Bonchev–Trinajstić information content (AvgIpc) is 2.14. The van der Waals surface area contributed by atoms with Crippen LogP contribution >= 0.6 is 0 Å². The molecule has 2 nitrogen and oxygen atoms in total. The molecular formula is C11H26N2. The van der Waals surface area contributed by atoms with Crippen LogP contribution < -0.4 is 5.73 Å². The molecule has 0 bridgehead atoms. The van der Waals surface area contributed by atoms with Crippen LogP contribution in [0.25, 0.3) is 0 Å². The summed E-state index contributed by atoms with van der Waals surface area (Å²) >= 11 is 0. The first-order chi connectivity index (χ1) is 5.89. The van der Waals surface area contributed by atoms with Crippen LogP contribution in [0.15, 0.2) is 0 Å². The summed E-state index contributed by atoms with van der Waals surface area (Å²) in [5, 5.41) is 0. The van der Waals surface area contributed by atoms with E-state index in [0.29, 0.717) is 12.0 Å². The van der Waals surface area contributed by atoms with Gasteiger partial charge in [-0.3, -0.25) is 4.90 Å². The molecule has 0 heterocycles. The standard InChI is InChI=1S/C11H26N2/c1-7-11(5,8-12)13(6)10(4)9(2)3/h9-10H,7-8,12H2,1-6H3. The van der Waals surface area contributed by atoms with Gasteiger partial charge in [0.2, 0.25) is 0 Å². The highest BCUT2D eigenvalue weighted by molar-refractivity contribution is 4.87. The lowest BCUT2D eigenvalue weighted by Gasteiger charge is -2.42. The molecule has 0 aliphatic carbocycles. The Morgan fingerprint density at radius 3 is 2.00 bits per heavy atom. The van der Waals surface area contributed by atoms with E-state index in [1.165, 1.54) is 0 Å². The highest BCUT2D eigenvalue weighted by Gasteiger charge is 2.29. The number of rotatable bonds is 5. The SMILES string of the molecule is CCC(C)(CN)N(C)C(C)C(C)C. The predicted octanol–water partition coefficient (Wildman–Crippen LogP) is 2.09. The van der Waals surface area contributed by atoms with Crippen LogP contribution in [0.1, 0.15) is 41.0 Å². The van der Waals surface area contributed by atoms with Crippen molar-refractivity contribution >= 4 is 0 Å². The number of nitrogens with zero attached hydrogens (tertiary/aromatic N) is 1. The maximum atomic E-state index is 5.81. The molecule has 0 aromatic heterocycles. The van der Waals surface area contributed by atoms with Gasteiger partial charge in [-0.25, -0.2) is 0 Å². The van der Waals surface area contributed by atoms with Gasteiger partial charge in [-0.1, -0.05) is 20.8 Å². The largest absolute Gasteiger partial charge is 0.329 e. The number of likely N-dealkylation sites (N-methyl/N-ethyl adjacent to an activating group) is 1. The maximum absolute atomic E-state index is 5.81. The Morgan fingerprint density at radius 2 is 1.77 bits per heavy atom. The van der Waals surface area contributed by atoms with Gasteiger partial charge in [0.15, 0.2) is 0 Å². The minimum absolute atomic E-state index is 0.156. The first-order valence-corrected chi connectivity index (χ1v) is 5.32. The van der Waals surface area contributed by atoms with E-state index in [-0.39, 0.29) is 5.54 Å². The third kappa shape index (κ3) is 2.96. The van der Waals surface area contributed by atoms with Crippen molar-refractivity contribution < 1.29 is 0 Å². The molecular weight excluding hydrogens is 160 g/mol. The van der Waals surface area contributed by atoms with E-state index in [1.807, 2.05) is 0 Å². The Balaban J connectivity index is 4.45. The molecule has 0 aromatic rings. The van der Waals surface area contributed by atoms with Crippen molar-refractivity contribution in [3.63, 3.8) is 0 Å². The average molecular weight is 186 g/mol. The normalized spacial score (nSPS) is 19.2. The van der Waals surface area contributed by atoms with Crippen LogP contribution in [0.3, 0.4) is 0 Å². The van der Waals surface area contributed by atoms with Crippen LogP contribution in [0, 0.1) is 5.92 Å². The fourth-order valence-corrected chi connectivity index (χ4v) is 1.48. The number of nitrogens with two attached hydrogens (primary N) is 1. The molecule has 2 heteroatoms. The highest BCUT2D eigenvalue weighted by Crippen LogP contribution is 2.22. The lowest BCUT2D eigenvalue weighted by Crippen LogP contribution is -2.54. The minimum atomic E-state index is 0.156. The molecule has 0 radical (unpaired) electrons. The van der Waals surface area contributed by atoms with Gasteiger partial charge >= 0.3 is 0 Å². The zero-order valence-electron chi connectivity index (χ0n) is 10.1. The smallest absolute Gasteiger partial charge is 0.0300 e. The topological polar surface area (TPSA) is 29.3 Å². The molecule has 13 heavy (non-hydrogen) atoms. The molecule has 0 saturated heterocycles. The molecule has 2 N–H and O–H groups in total. The van der Waals surface area contributed by atoms with Crippen molar-refractivity contribution in [2.24, 2.45) is 11.7 Å². The third-order valence-corrected chi connectivity index (χ3v) is 3.63. The second-order valence-corrected chi connectivity index (χ2v) is 4.65. The Labute approximate surface area is 83.5 Å². The molecule has 0 amide bonds. The third-order valence-electron chi connectivity index (χ3n) is 3.63. The summed E-state index contributed by atoms with van der Waals surface area (Å²) in [5.41, 5.74) is 5.97. The summed E-state index contributed by atoms with van der Waals surface area (Å²) in [4.78, 5) is 2.41. The van der Waals surface area contributed by atoms with Crippen molar-refractivity contribution in [3.8, 4) is 0 Å². The molecule has 0 fully saturated rings. The van der Waals surface area contributed by atoms with Gasteiger partial charge in [0.1, 0.15) is 0 Å². The van der Waals surface area contributed by atoms with Gasteiger partial charge < -0.3 is 5.73 Å². The van der Waals surface area contributed by atoms with Crippen molar-refractivity contribution in [3.05, 3.63) is 0 Å². The van der Waals surface area contributed by atoms with Gasteiger partial charge in [0, 0.05) is 18.1 Å². The number of hydrogen-bond acceptors (Lipinski definition) is 2. The van der Waals surface area contributed by atoms with Gasteiger partial charge in [-0.05, 0) is 33.2 Å². The molecule has 80 valence electrons. The van der Waals surface area contributed by atoms with Gasteiger partial charge in [-0.2, -0.15) is 0 Å². The summed E-state index contributed by atoms with van der Waals surface area (Å²) in [7, 11) is 2.18. The quantitative estimate of drug-likeness (QED) is 0.712. The summed E-state index contributed by atoms with van der Waals surface area (Å²) in [6.07, 6.45) is 1.11. The summed E-state index contributed by atoms with van der Waals surface area (Å²) in [6, 6.07) is 0.591. The molecule has 2 unspecified atom stereocenters. The Morgan fingerprint density at radius 1 is 1.31 bits per heavy atom. The van der Waals surface area contributed by atoms with E-state index in [0.717, 1.165) is 13.0 Å². The second-order valence-electron chi connectivity index (χ2n) is 4.65. The Kier molecular flexibility index (Phi) is 4.93. The lowest BCUT2D eigenvalue weighted by atomic mass is 9.92. The summed E-state index contributed by atoms with van der Waals surface area (Å²) in [5.74, 6) is 0.683. The molecule has 0 aromatic carbocycles.